The molecule has 6 heteroatoms. The predicted molar refractivity (Wildman–Crippen MR) is 155 cm³/mol. The molecule has 38 heavy (non-hydrogen) atoms. The summed E-state index contributed by atoms with van der Waals surface area (Å²) >= 11 is 6.35. The Balaban J connectivity index is 1.48. The van der Waals surface area contributed by atoms with Crippen LogP contribution in [0.3, 0.4) is 0 Å². The van der Waals surface area contributed by atoms with Crippen LogP contribution < -0.4 is 10.2 Å². The molecule has 1 unspecified atom stereocenters. The van der Waals surface area contributed by atoms with Crippen molar-refractivity contribution < 1.29 is 4.79 Å². The van der Waals surface area contributed by atoms with Crippen molar-refractivity contribution in [2.75, 3.05) is 11.4 Å². The van der Waals surface area contributed by atoms with E-state index in [2.05, 4.69) is 22.3 Å². The van der Waals surface area contributed by atoms with Crippen LogP contribution in [0.2, 0.25) is 5.02 Å². The molecule has 0 aliphatic carbocycles. The van der Waals surface area contributed by atoms with E-state index in [1.807, 2.05) is 104 Å². The third kappa shape index (κ3) is 6.18. The number of nitrogens with one attached hydrogen (secondary N) is 1. The Bertz CT molecular complexity index is 1510. The summed E-state index contributed by atoms with van der Waals surface area (Å²) in [5.41, 5.74) is 3.90. The highest BCUT2D eigenvalue weighted by Gasteiger charge is 2.18. The Morgan fingerprint density at radius 2 is 1.53 bits per heavy atom. The predicted octanol–water partition coefficient (Wildman–Crippen LogP) is 7.22. The number of halogens is 1. The molecular weight excluding hydrogens is 492 g/mol. The maximum atomic E-state index is 13.0. The van der Waals surface area contributed by atoms with Gasteiger partial charge in [-0.25, -0.2) is 9.97 Å². The molecule has 0 aliphatic rings. The van der Waals surface area contributed by atoms with Crippen molar-refractivity contribution in [1.82, 2.24) is 15.3 Å². The fraction of sp³-hybridized carbons (Fsp3) is 0.156. The smallest absolute Gasteiger partial charge is 0.222 e. The quantitative estimate of drug-likeness (QED) is 0.223. The van der Waals surface area contributed by atoms with Gasteiger partial charge in [-0.2, -0.15) is 0 Å². The van der Waals surface area contributed by atoms with Gasteiger partial charge in [-0.1, -0.05) is 103 Å². The van der Waals surface area contributed by atoms with E-state index >= 15 is 0 Å². The van der Waals surface area contributed by atoms with Crippen LogP contribution in [0, 0.1) is 0 Å². The van der Waals surface area contributed by atoms with Crippen LogP contribution in [-0.4, -0.2) is 22.4 Å². The average molecular weight is 521 g/mol. The van der Waals surface area contributed by atoms with Gasteiger partial charge in [-0.05, 0) is 36.2 Å². The van der Waals surface area contributed by atoms with Crippen LogP contribution in [0.4, 0.5) is 5.82 Å². The van der Waals surface area contributed by atoms with Crippen molar-refractivity contribution in [1.29, 1.82) is 0 Å². The lowest BCUT2D eigenvalue weighted by Crippen LogP contribution is -2.32. The van der Waals surface area contributed by atoms with Gasteiger partial charge in [0.1, 0.15) is 5.82 Å². The number of amides is 1. The highest BCUT2D eigenvalue weighted by molar-refractivity contribution is 6.31. The van der Waals surface area contributed by atoms with Crippen LogP contribution in [0.1, 0.15) is 30.5 Å². The molecule has 0 aliphatic heterocycles. The monoisotopic (exact) mass is 520 g/mol. The number of benzene rings is 4. The Morgan fingerprint density at radius 1 is 0.868 bits per heavy atom. The molecule has 0 radical (unpaired) electrons. The van der Waals surface area contributed by atoms with Gasteiger partial charge >= 0.3 is 0 Å². The Labute approximate surface area is 228 Å². The number of aromatic nitrogens is 2. The minimum Gasteiger partial charge on any atom is -0.351 e. The fourth-order valence-electron chi connectivity index (χ4n) is 4.48. The number of anilines is 1. The summed E-state index contributed by atoms with van der Waals surface area (Å²) < 4.78 is 0. The van der Waals surface area contributed by atoms with Crippen LogP contribution in [0.5, 0.6) is 0 Å². The van der Waals surface area contributed by atoms with Gasteiger partial charge < -0.3 is 10.2 Å². The van der Waals surface area contributed by atoms with Crippen LogP contribution >= 0.6 is 11.6 Å². The van der Waals surface area contributed by atoms with Crippen molar-refractivity contribution in [3.8, 4) is 11.4 Å². The first-order valence-electron chi connectivity index (χ1n) is 12.7. The molecule has 0 fully saturated rings. The minimum atomic E-state index is -0.0713. The Hall–Kier alpha value is -4.22. The molecule has 1 N–H and O–H groups in total. The third-order valence-corrected chi connectivity index (χ3v) is 6.71. The van der Waals surface area contributed by atoms with Gasteiger partial charge in [0.15, 0.2) is 5.82 Å². The van der Waals surface area contributed by atoms with Gasteiger partial charge in [0.05, 0.1) is 11.6 Å². The zero-order valence-electron chi connectivity index (χ0n) is 21.2. The number of nitrogens with zero attached hydrogens (tertiary/aromatic N) is 3. The number of rotatable bonds is 9. The number of fused-ring (bicyclic) bond motifs is 1. The first kappa shape index (κ1) is 25.4. The summed E-state index contributed by atoms with van der Waals surface area (Å²) in [4.78, 5) is 25.0. The summed E-state index contributed by atoms with van der Waals surface area (Å²) in [5.74, 6) is 1.39. The lowest BCUT2D eigenvalue weighted by atomic mass is 10.1. The molecule has 4 aromatic carbocycles. The van der Waals surface area contributed by atoms with Gasteiger partial charge in [0.25, 0.3) is 0 Å². The van der Waals surface area contributed by atoms with Gasteiger partial charge in [-0.3, -0.25) is 4.79 Å². The molecule has 5 rings (SSSR count). The van der Waals surface area contributed by atoms with E-state index in [0.717, 1.165) is 33.4 Å². The normalized spacial score (nSPS) is 11.7. The van der Waals surface area contributed by atoms with Gasteiger partial charge in [0, 0.05) is 35.5 Å². The number of carbonyl (C=O) groups excluding carboxylic acids is 1. The molecule has 1 atom stereocenters. The van der Waals surface area contributed by atoms with Crippen molar-refractivity contribution >= 4 is 34.2 Å². The van der Waals surface area contributed by atoms with Crippen LogP contribution in [0.25, 0.3) is 22.3 Å². The van der Waals surface area contributed by atoms with E-state index < -0.39 is 0 Å². The lowest BCUT2D eigenvalue weighted by Gasteiger charge is -2.26. The first-order valence-corrected chi connectivity index (χ1v) is 13.1. The molecule has 0 spiro atoms. The third-order valence-electron chi connectivity index (χ3n) is 6.47. The first-order chi connectivity index (χ1) is 18.6. The van der Waals surface area contributed by atoms with E-state index in [0.29, 0.717) is 30.4 Å². The topological polar surface area (TPSA) is 58.1 Å². The molecule has 5 aromatic rings. The average Bonchev–Trinajstić information content (AvgIpc) is 2.96. The standard InChI is InChI=1S/C32H29ClN4O/c1-23(25-13-7-3-8-14-25)34-30(38)19-20-37(22-24-11-5-2-6-12-24)32-28-18-17-27(33)21-29(28)35-31(36-32)26-15-9-4-10-16-26/h2-18,21,23H,19-20,22H2,1H3,(H,34,38). The summed E-state index contributed by atoms with van der Waals surface area (Å²) in [6, 6.07) is 35.7. The highest BCUT2D eigenvalue weighted by Crippen LogP contribution is 2.30. The van der Waals surface area contributed by atoms with Crippen molar-refractivity contribution in [3.05, 3.63) is 125 Å². The van der Waals surface area contributed by atoms with E-state index in [4.69, 9.17) is 21.6 Å². The molecular formula is C32H29ClN4O. The number of hydrogen-bond donors (Lipinski definition) is 1. The maximum Gasteiger partial charge on any atom is 0.222 e. The molecule has 1 aromatic heterocycles. The summed E-state index contributed by atoms with van der Waals surface area (Å²) in [6.07, 6.45) is 0.323. The minimum absolute atomic E-state index is 0.0101. The molecule has 190 valence electrons. The second-order valence-corrected chi connectivity index (χ2v) is 9.69. The van der Waals surface area contributed by atoms with Crippen LogP contribution in [0.15, 0.2) is 109 Å². The number of carbonyl (C=O) groups is 1. The van der Waals surface area contributed by atoms with Crippen LogP contribution in [-0.2, 0) is 11.3 Å². The second kappa shape index (κ2) is 11.9. The summed E-state index contributed by atoms with van der Waals surface area (Å²) in [7, 11) is 0. The summed E-state index contributed by atoms with van der Waals surface area (Å²) in [5, 5.41) is 4.64. The summed E-state index contributed by atoms with van der Waals surface area (Å²) in [6.45, 7) is 3.10. The van der Waals surface area contributed by atoms with Crippen molar-refractivity contribution in [2.45, 2.75) is 25.9 Å². The molecule has 5 nitrogen and oxygen atoms in total. The molecule has 0 bridgehead atoms. The van der Waals surface area contributed by atoms with Crippen molar-refractivity contribution in [3.63, 3.8) is 0 Å². The molecule has 0 saturated carbocycles. The van der Waals surface area contributed by atoms with Gasteiger partial charge in [0.2, 0.25) is 5.91 Å². The lowest BCUT2D eigenvalue weighted by molar-refractivity contribution is -0.121. The SMILES string of the molecule is CC(NC(=O)CCN(Cc1ccccc1)c1nc(-c2ccccc2)nc2cc(Cl)ccc12)c1ccccc1. The zero-order valence-corrected chi connectivity index (χ0v) is 22.0. The molecule has 0 saturated heterocycles. The maximum absolute atomic E-state index is 13.0. The van der Waals surface area contributed by atoms with E-state index in [-0.39, 0.29) is 11.9 Å². The second-order valence-electron chi connectivity index (χ2n) is 9.26. The highest BCUT2D eigenvalue weighted by atomic mass is 35.5. The molecule has 1 amide bonds. The number of hydrogen-bond acceptors (Lipinski definition) is 4. The largest absolute Gasteiger partial charge is 0.351 e. The van der Waals surface area contributed by atoms with E-state index in [9.17, 15) is 4.79 Å². The van der Waals surface area contributed by atoms with E-state index in [1.54, 1.807) is 0 Å². The fourth-order valence-corrected chi connectivity index (χ4v) is 4.65. The Morgan fingerprint density at radius 3 is 2.24 bits per heavy atom. The Kier molecular flexibility index (Phi) is 7.95. The van der Waals surface area contributed by atoms with E-state index in [1.165, 1.54) is 0 Å². The van der Waals surface area contributed by atoms with Gasteiger partial charge in [-0.15, -0.1) is 0 Å². The van der Waals surface area contributed by atoms with Crippen molar-refractivity contribution in [2.24, 2.45) is 0 Å². The zero-order chi connectivity index (χ0) is 26.3. The molecule has 1 heterocycles.